The van der Waals surface area contributed by atoms with Crippen LogP contribution in [0, 0.1) is 0 Å². The number of pyridine rings is 1. The minimum atomic E-state index is -0.0545. The molecule has 1 aromatic heterocycles. The van der Waals surface area contributed by atoms with Crippen molar-refractivity contribution >= 4 is 24.4 Å². The molecule has 1 amide bonds. The summed E-state index contributed by atoms with van der Waals surface area (Å²) >= 11 is 0. The molecule has 0 aliphatic rings. The highest BCUT2D eigenvalue weighted by molar-refractivity contribution is 5.91. The summed E-state index contributed by atoms with van der Waals surface area (Å²) in [6.07, 6.45) is 5.69. The van der Waals surface area contributed by atoms with E-state index in [2.05, 4.69) is 4.98 Å². The lowest BCUT2D eigenvalue weighted by molar-refractivity contribution is -0.124. The molecule has 2 rings (SSSR count). The number of rotatable bonds is 7. The molecule has 1 aromatic carbocycles. The summed E-state index contributed by atoms with van der Waals surface area (Å²) in [5.41, 5.74) is 1.85. The number of carbonyl (C=O) groups excluding carboxylic acids is 1. The molecular weight excluding hydrogens is 340 g/mol. The molecule has 0 unspecified atom stereocenters. The van der Waals surface area contributed by atoms with Gasteiger partial charge in [0.25, 0.3) is 0 Å². The second kappa shape index (κ2) is 10.4. The fraction of sp³-hybridized carbons (Fsp3) is 0.263. The fourth-order valence-electron chi connectivity index (χ4n) is 2.20. The molecule has 5 nitrogen and oxygen atoms in total. The van der Waals surface area contributed by atoms with Crippen LogP contribution < -0.4 is 9.47 Å². The van der Waals surface area contributed by atoms with Gasteiger partial charge in [-0.05, 0) is 42.3 Å². The van der Waals surface area contributed by atoms with Gasteiger partial charge in [0.15, 0.2) is 11.5 Å². The van der Waals surface area contributed by atoms with E-state index in [9.17, 15) is 4.79 Å². The number of halogens is 1. The van der Waals surface area contributed by atoms with Crippen LogP contribution in [0.1, 0.15) is 11.3 Å². The van der Waals surface area contributed by atoms with Crippen molar-refractivity contribution in [3.8, 4) is 11.5 Å². The Bertz CT molecular complexity index is 705. The van der Waals surface area contributed by atoms with E-state index in [0.29, 0.717) is 18.0 Å². The maximum Gasteiger partial charge on any atom is 0.246 e. The molecule has 1 heterocycles. The largest absolute Gasteiger partial charge is 0.493 e. The third-order valence-electron chi connectivity index (χ3n) is 3.64. The number of nitrogens with zero attached hydrogens (tertiary/aromatic N) is 2. The van der Waals surface area contributed by atoms with Crippen LogP contribution >= 0.6 is 12.4 Å². The van der Waals surface area contributed by atoms with Gasteiger partial charge in [0.2, 0.25) is 5.91 Å². The quantitative estimate of drug-likeness (QED) is 0.709. The third kappa shape index (κ3) is 6.12. The maximum absolute atomic E-state index is 12.1. The second-order valence-corrected chi connectivity index (χ2v) is 5.29. The number of benzene rings is 1. The maximum atomic E-state index is 12.1. The number of carbonyl (C=O) groups is 1. The first-order valence-electron chi connectivity index (χ1n) is 7.69. The summed E-state index contributed by atoms with van der Waals surface area (Å²) in [6, 6.07) is 11.4. The Morgan fingerprint density at radius 1 is 1.16 bits per heavy atom. The second-order valence-electron chi connectivity index (χ2n) is 5.29. The molecular formula is C19H23ClN2O3. The van der Waals surface area contributed by atoms with Crippen LogP contribution in [0.25, 0.3) is 6.08 Å². The Morgan fingerprint density at radius 2 is 1.92 bits per heavy atom. The summed E-state index contributed by atoms with van der Waals surface area (Å²) in [6.45, 7) is 0.612. The molecule has 0 atom stereocenters. The number of methoxy groups -OCH3 is 2. The van der Waals surface area contributed by atoms with Crippen molar-refractivity contribution < 1.29 is 14.3 Å². The summed E-state index contributed by atoms with van der Waals surface area (Å²) in [7, 11) is 5.00. The molecule has 6 heteroatoms. The normalized spacial score (nSPS) is 10.2. The number of hydrogen-bond donors (Lipinski definition) is 0. The zero-order valence-electron chi connectivity index (χ0n) is 14.6. The van der Waals surface area contributed by atoms with Gasteiger partial charge < -0.3 is 14.4 Å². The van der Waals surface area contributed by atoms with Gasteiger partial charge in [-0.3, -0.25) is 9.78 Å². The van der Waals surface area contributed by atoms with E-state index in [4.69, 9.17) is 9.47 Å². The van der Waals surface area contributed by atoms with E-state index in [-0.39, 0.29) is 18.3 Å². The summed E-state index contributed by atoms with van der Waals surface area (Å²) in [5, 5.41) is 0. The molecule has 0 aliphatic heterocycles. The van der Waals surface area contributed by atoms with Crippen molar-refractivity contribution in [2.75, 3.05) is 27.8 Å². The van der Waals surface area contributed by atoms with Gasteiger partial charge >= 0.3 is 0 Å². The van der Waals surface area contributed by atoms with Crippen molar-refractivity contribution in [2.45, 2.75) is 6.42 Å². The van der Waals surface area contributed by atoms with Crippen molar-refractivity contribution in [2.24, 2.45) is 0 Å². The Morgan fingerprint density at radius 3 is 2.56 bits per heavy atom. The Balaban J connectivity index is 0.00000312. The van der Waals surface area contributed by atoms with Crippen molar-refractivity contribution in [1.29, 1.82) is 0 Å². The van der Waals surface area contributed by atoms with Gasteiger partial charge in [0, 0.05) is 25.9 Å². The van der Waals surface area contributed by atoms with Crippen LogP contribution in [0.5, 0.6) is 11.5 Å². The lowest BCUT2D eigenvalue weighted by Gasteiger charge is -2.16. The van der Waals surface area contributed by atoms with Gasteiger partial charge in [-0.2, -0.15) is 0 Å². The third-order valence-corrected chi connectivity index (χ3v) is 3.64. The van der Waals surface area contributed by atoms with Crippen LogP contribution in [0.15, 0.2) is 48.7 Å². The molecule has 0 saturated heterocycles. The number of ether oxygens (including phenoxy) is 2. The van der Waals surface area contributed by atoms with Crippen LogP contribution in [0.4, 0.5) is 0 Å². The molecule has 2 aromatic rings. The highest BCUT2D eigenvalue weighted by atomic mass is 35.5. The summed E-state index contributed by atoms with van der Waals surface area (Å²) in [5.74, 6) is 1.34. The number of amides is 1. The van der Waals surface area contributed by atoms with E-state index in [0.717, 1.165) is 17.7 Å². The molecule has 0 radical (unpaired) electrons. The van der Waals surface area contributed by atoms with Gasteiger partial charge in [-0.25, -0.2) is 0 Å². The van der Waals surface area contributed by atoms with Gasteiger partial charge in [-0.1, -0.05) is 12.1 Å². The van der Waals surface area contributed by atoms with Crippen LogP contribution in [0.2, 0.25) is 0 Å². The van der Waals surface area contributed by atoms with Gasteiger partial charge in [0.05, 0.1) is 19.9 Å². The standard InChI is InChI=1S/C19H22N2O3.ClH/c1-21(19(22)10-8-16-6-4-5-12-20-16)13-11-15-7-9-17(23-2)18(14-15)24-3;/h4-10,12,14H,11,13H2,1-3H3;1H/b10-8+;. The smallest absolute Gasteiger partial charge is 0.246 e. The predicted octanol–water partition coefficient (Wildman–Crippen LogP) is 3.23. The van der Waals surface area contributed by atoms with E-state index in [1.807, 2.05) is 36.4 Å². The Kier molecular flexibility index (Phi) is 8.50. The highest BCUT2D eigenvalue weighted by Gasteiger charge is 2.08. The molecule has 0 bridgehead atoms. The Labute approximate surface area is 154 Å². The molecule has 25 heavy (non-hydrogen) atoms. The first kappa shape index (κ1) is 20.5. The molecule has 0 aliphatic carbocycles. The average Bonchev–Trinajstić information content (AvgIpc) is 2.64. The van der Waals surface area contributed by atoms with E-state index >= 15 is 0 Å². The lowest BCUT2D eigenvalue weighted by atomic mass is 10.1. The zero-order valence-corrected chi connectivity index (χ0v) is 15.5. The SMILES string of the molecule is COc1ccc(CCN(C)C(=O)/C=C/c2ccccn2)cc1OC.Cl. The van der Waals surface area contributed by atoms with Gasteiger partial charge in [0.1, 0.15) is 0 Å². The van der Waals surface area contributed by atoms with Crippen LogP contribution in [-0.4, -0.2) is 43.6 Å². The van der Waals surface area contributed by atoms with Crippen LogP contribution in [-0.2, 0) is 11.2 Å². The monoisotopic (exact) mass is 362 g/mol. The lowest BCUT2D eigenvalue weighted by Crippen LogP contribution is -2.27. The molecule has 0 fully saturated rings. The van der Waals surface area contributed by atoms with E-state index in [1.165, 1.54) is 6.08 Å². The minimum absolute atomic E-state index is 0. The first-order chi connectivity index (χ1) is 11.6. The molecule has 0 N–H and O–H groups in total. The average molecular weight is 363 g/mol. The predicted molar refractivity (Wildman–Crippen MR) is 101 cm³/mol. The van der Waals surface area contributed by atoms with Crippen LogP contribution in [0.3, 0.4) is 0 Å². The first-order valence-corrected chi connectivity index (χ1v) is 7.69. The van der Waals surface area contributed by atoms with Crippen molar-refractivity contribution in [3.05, 3.63) is 59.9 Å². The number of likely N-dealkylation sites (N-methyl/N-ethyl adjacent to an activating group) is 1. The molecule has 134 valence electrons. The Hall–Kier alpha value is -2.53. The van der Waals surface area contributed by atoms with Crippen molar-refractivity contribution in [1.82, 2.24) is 9.88 Å². The minimum Gasteiger partial charge on any atom is -0.493 e. The number of hydrogen-bond acceptors (Lipinski definition) is 4. The highest BCUT2D eigenvalue weighted by Crippen LogP contribution is 2.27. The van der Waals surface area contributed by atoms with Gasteiger partial charge in [-0.15, -0.1) is 12.4 Å². The van der Waals surface area contributed by atoms with E-state index < -0.39 is 0 Å². The zero-order chi connectivity index (χ0) is 17.4. The number of aromatic nitrogens is 1. The van der Waals surface area contributed by atoms with E-state index in [1.54, 1.807) is 38.4 Å². The molecule has 0 saturated carbocycles. The molecule has 0 spiro atoms. The summed E-state index contributed by atoms with van der Waals surface area (Å²) in [4.78, 5) is 18.0. The summed E-state index contributed by atoms with van der Waals surface area (Å²) < 4.78 is 10.5. The topological polar surface area (TPSA) is 51.7 Å². The van der Waals surface area contributed by atoms with Crippen molar-refractivity contribution in [3.63, 3.8) is 0 Å². The fourth-order valence-corrected chi connectivity index (χ4v) is 2.20.